The first-order chi connectivity index (χ1) is 10.4. The van der Waals surface area contributed by atoms with Crippen LogP contribution in [0.3, 0.4) is 0 Å². The molecule has 0 aliphatic carbocycles. The number of carbonyl (C=O) groups is 2. The highest BCUT2D eigenvalue weighted by atomic mass is 19.1. The van der Waals surface area contributed by atoms with Crippen LogP contribution in [0.2, 0.25) is 0 Å². The molecule has 2 unspecified atom stereocenters. The number of halogens is 1. The minimum absolute atomic E-state index is 0.00133. The van der Waals surface area contributed by atoms with Gasteiger partial charge in [-0.25, -0.2) is 4.39 Å². The number of hydrogen-bond donors (Lipinski definition) is 2. The predicted octanol–water partition coefficient (Wildman–Crippen LogP) is 1.69. The van der Waals surface area contributed by atoms with E-state index in [9.17, 15) is 19.1 Å². The molecule has 2 atom stereocenters. The summed E-state index contributed by atoms with van der Waals surface area (Å²) in [4.78, 5) is 25.7. The van der Waals surface area contributed by atoms with Crippen molar-refractivity contribution in [2.45, 2.75) is 32.8 Å². The second-order valence-electron chi connectivity index (χ2n) is 5.81. The lowest BCUT2D eigenvalue weighted by Crippen LogP contribution is -2.47. The van der Waals surface area contributed by atoms with Gasteiger partial charge in [0.15, 0.2) is 0 Å². The smallest absolute Gasteiger partial charge is 0.313 e. The van der Waals surface area contributed by atoms with Gasteiger partial charge in [0.1, 0.15) is 5.82 Å². The molecule has 0 aromatic heterocycles. The molecule has 0 radical (unpaired) electrons. The first-order valence-corrected chi connectivity index (χ1v) is 7.43. The van der Waals surface area contributed by atoms with Gasteiger partial charge < -0.3 is 15.3 Å². The number of nitrogens with zero attached hydrogens (tertiary/aromatic N) is 1. The van der Waals surface area contributed by atoms with Gasteiger partial charge in [-0.1, -0.05) is 0 Å². The van der Waals surface area contributed by atoms with Crippen molar-refractivity contribution in [3.05, 3.63) is 29.6 Å². The first kappa shape index (κ1) is 16.4. The molecule has 1 aromatic carbocycles. The van der Waals surface area contributed by atoms with Crippen LogP contribution in [-0.4, -0.2) is 41.0 Å². The third kappa shape index (κ3) is 3.82. The van der Waals surface area contributed by atoms with Gasteiger partial charge in [-0.15, -0.1) is 0 Å². The Morgan fingerprint density at radius 2 is 2.18 bits per heavy atom. The number of likely N-dealkylation sites (tertiary alicyclic amines) is 1. The third-order valence-corrected chi connectivity index (χ3v) is 4.04. The van der Waals surface area contributed by atoms with Crippen molar-refractivity contribution in [1.82, 2.24) is 4.90 Å². The lowest BCUT2D eigenvalue weighted by atomic mass is 9.93. The van der Waals surface area contributed by atoms with Gasteiger partial charge in [0.25, 0.3) is 0 Å². The Kier molecular flexibility index (Phi) is 5.13. The molecule has 0 spiro atoms. The van der Waals surface area contributed by atoms with Crippen molar-refractivity contribution >= 4 is 17.5 Å². The van der Waals surface area contributed by atoms with Gasteiger partial charge in [0.2, 0.25) is 0 Å². The molecule has 120 valence electrons. The SMILES string of the molecule is Cc1cc(NC(=O)C(=O)N2CCCC(C(C)O)C2)ccc1F. The van der Waals surface area contributed by atoms with E-state index < -0.39 is 17.9 Å². The quantitative estimate of drug-likeness (QED) is 0.817. The van der Waals surface area contributed by atoms with Crippen LogP contribution >= 0.6 is 0 Å². The summed E-state index contributed by atoms with van der Waals surface area (Å²) in [5.41, 5.74) is 0.790. The molecule has 22 heavy (non-hydrogen) atoms. The van der Waals surface area contributed by atoms with E-state index in [4.69, 9.17) is 0 Å². The summed E-state index contributed by atoms with van der Waals surface area (Å²) in [6.07, 6.45) is 1.11. The van der Waals surface area contributed by atoms with E-state index in [-0.39, 0.29) is 11.7 Å². The fourth-order valence-corrected chi connectivity index (χ4v) is 2.64. The van der Waals surface area contributed by atoms with Crippen LogP contribution in [0, 0.1) is 18.7 Å². The Morgan fingerprint density at radius 1 is 1.45 bits per heavy atom. The number of piperidine rings is 1. The molecule has 0 saturated carbocycles. The highest BCUT2D eigenvalue weighted by Gasteiger charge is 2.29. The molecule has 2 rings (SSSR count). The lowest BCUT2D eigenvalue weighted by Gasteiger charge is -2.33. The zero-order chi connectivity index (χ0) is 16.3. The molecule has 2 amide bonds. The fourth-order valence-electron chi connectivity index (χ4n) is 2.64. The number of hydrogen-bond acceptors (Lipinski definition) is 3. The summed E-state index contributed by atoms with van der Waals surface area (Å²) in [6, 6.07) is 4.15. The Balaban J connectivity index is 1.99. The van der Waals surface area contributed by atoms with Crippen molar-refractivity contribution in [2.24, 2.45) is 5.92 Å². The maximum atomic E-state index is 13.2. The monoisotopic (exact) mass is 308 g/mol. The van der Waals surface area contributed by atoms with Gasteiger partial charge in [-0.05, 0) is 50.5 Å². The summed E-state index contributed by atoms with van der Waals surface area (Å²) in [5, 5.41) is 12.1. The minimum atomic E-state index is -0.739. The maximum Gasteiger partial charge on any atom is 0.313 e. The number of benzene rings is 1. The van der Waals surface area contributed by atoms with E-state index in [1.165, 1.54) is 23.1 Å². The number of rotatable bonds is 2. The van der Waals surface area contributed by atoms with Crippen LogP contribution in [0.4, 0.5) is 10.1 Å². The van der Waals surface area contributed by atoms with Crippen LogP contribution < -0.4 is 5.32 Å². The van der Waals surface area contributed by atoms with Gasteiger partial charge in [0, 0.05) is 24.7 Å². The molecule has 2 N–H and O–H groups in total. The number of aliphatic hydroxyl groups is 1. The average Bonchev–Trinajstić information content (AvgIpc) is 2.50. The third-order valence-electron chi connectivity index (χ3n) is 4.04. The number of anilines is 1. The first-order valence-electron chi connectivity index (χ1n) is 7.43. The van der Waals surface area contributed by atoms with E-state index in [0.29, 0.717) is 24.3 Å². The van der Waals surface area contributed by atoms with Crippen LogP contribution in [0.1, 0.15) is 25.3 Å². The number of aliphatic hydroxyl groups excluding tert-OH is 1. The molecule has 1 aromatic rings. The summed E-state index contributed by atoms with van der Waals surface area (Å²) in [6.45, 7) is 4.18. The molecular weight excluding hydrogens is 287 g/mol. The zero-order valence-electron chi connectivity index (χ0n) is 12.8. The highest BCUT2D eigenvalue weighted by Crippen LogP contribution is 2.20. The normalized spacial score (nSPS) is 19.6. The fraction of sp³-hybridized carbons (Fsp3) is 0.500. The summed E-state index contributed by atoms with van der Waals surface area (Å²) in [7, 11) is 0. The standard InChI is InChI=1S/C16H21FN2O3/c1-10-8-13(5-6-14(10)17)18-15(21)16(22)19-7-3-4-12(9-19)11(2)20/h5-6,8,11-12,20H,3-4,7,9H2,1-2H3,(H,18,21). The number of carbonyl (C=O) groups excluding carboxylic acids is 2. The Hall–Kier alpha value is -1.95. The molecule has 5 nitrogen and oxygen atoms in total. The number of nitrogens with one attached hydrogen (secondary N) is 1. The summed E-state index contributed by atoms with van der Waals surface area (Å²) in [5.74, 6) is -1.72. The lowest BCUT2D eigenvalue weighted by molar-refractivity contribution is -0.144. The van der Waals surface area contributed by atoms with Crippen molar-refractivity contribution in [3.8, 4) is 0 Å². The van der Waals surface area contributed by atoms with Crippen LogP contribution in [0.15, 0.2) is 18.2 Å². The highest BCUT2D eigenvalue weighted by molar-refractivity contribution is 6.39. The Labute approximate surface area is 129 Å². The largest absolute Gasteiger partial charge is 0.393 e. The van der Waals surface area contributed by atoms with Gasteiger partial charge >= 0.3 is 11.8 Å². The molecule has 1 heterocycles. The molecule has 6 heteroatoms. The van der Waals surface area contributed by atoms with Crippen molar-refractivity contribution in [3.63, 3.8) is 0 Å². The second-order valence-corrected chi connectivity index (χ2v) is 5.81. The van der Waals surface area contributed by atoms with Crippen molar-refractivity contribution in [2.75, 3.05) is 18.4 Å². The average molecular weight is 308 g/mol. The van der Waals surface area contributed by atoms with Gasteiger partial charge in [-0.3, -0.25) is 9.59 Å². The maximum absolute atomic E-state index is 13.2. The van der Waals surface area contributed by atoms with Crippen LogP contribution in [0.25, 0.3) is 0 Å². The number of amides is 2. The predicted molar refractivity (Wildman–Crippen MR) is 80.8 cm³/mol. The molecule has 1 aliphatic rings. The van der Waals surface area contributed by atoms with E-state index >= 15 is 0 Å². The van der Waals surface area contributed by atoms with E-state index in [0.717, 1.165) is 12.8 Å². The molecule has 0 bridgehead atoms. The Morgan fingerprint density at radius 3 is 2.82 bits per heavy atom. The van der Waals surface area contributed by atoms with E-state index in [2.05, 4.69) is 5.32 Å². The molecular formula is C16H21FN2O3. The summed E-state index contributed by atoms with van der Waals surface area (Å²) < 4.78 is 13.2. The van der Waals surface area contributed by atoms with Crippen LogP contribution in [-0.2, 0) is 9.59 Å². The van der Waals surface area contributed by atoms with Gasteiger partial charge in [-0.2, -0.15) is 0 Å². The topological polar surface area (TPSA) is 69.6 Å². The molecule has 1 saturated heterocycles. The van der Waals surface area contributed by atoms with Gasteiger partial charge in [0.05, 0.1) is 6.10 Å². The van der Waals surface area contributed by atoms with Crippen molar-refractivity contribution < 1.29 is 19.1 Å². The second kappa shape index (κ2) is 6.87. The van der Waals surface area contributed by atoms with E-state index in [1.54, 1.807) is 13.8 Å². The molecule has 1 fully saturated rings. The van der Waals surface area contributed by atoms with E-state index in [1.807, 2.05) is 0 Å². The molecule has 1 aliphatic heterocycles. The number of aryl methyl sites for hydroxylation is 1. The van der Waals surface area contributed by atoms with Crippen molar-refractivity contribution in [1.29, 1.82) is 0 Å². The zero-order valence-corrected chi connectivity index (χ0v) is 12.8. The Bertz CT molecular complexity index is 575. The minimum Gasteiger partial charge on any atom is -0.393 e. The van der Waals surface area contributed by atoms with Crippen LogP contribution in [0.5, 0.6) is 0 Å². The summed E-state index contributed by atoms with van der Waals surface area (Å²) >= 11 is 0.